The second-order valence-corrected chi connectivity index (χ2v) is 7.78. The van der Waals surface area contributed by atoms with Gasteiger partial charge in [0, 0.05) is 38.9 Å². The Morgan fingerprint density at radius 2 is 1.88 bits per heavy atom. The minimum absolute atomic E-state index is 0. The van der Waals surface area contributed by atoms with Crippen LogP contribution < -0.4 is 10.1 Å². The summed E-state index contributed by atoms with van der Waals surface area (Å²) in [6, 6.07) is 16.6. The lowest BCUT2D eigenvalue weighted by molar-refractivity contribution is -0.0390. The average molecular weight is 553 g/mol. The number of halogens is 1. The zero-order valence-electron chi connectivity index (χ0n) is 19.4. The van der Waals surface area contributed by atoms with Crippen molar-refractivity contribution in [3.8, 4) is 5.75 Å². The van der Waals surface area contributed by atoms with Crippen molar-refractivity contribution in [1.82, 2.24) is 10.2 Å². The number of guanidine groups is 1. The largest absolute Gasteiger partial charge is 0.496 e. The first-order valence-electron chi connectivity index (χ1n) is 11.1. The number of benzene rings is 2. The van der Waals surface area contributed by atoms with E-state index in [9.17, 15) is 0 Å². The van der Waals surface area contributed by atoms with E-state index in [1.807, 2.05) is 25.2 Å². The van der Waals surface area contributed by atoms with Gasteiger partial charge in [-0.05, 0) is 37.0 Å². The summed E-state index contributed by atoms with van der Waals surface area (Å²) < 4.78 is 17.0. The zero-order chi connectivity index (χ0) is 21.9. The van der Waals surface area contributed by atoms with E-state index in [-0.39, 0.29) is 24.0 Å². The molecule has 0 atom stereocenters. The van der Waals surface area contributed by atoms with E-state index in [1.54, 1.807) is 7.11 Å². The van der Waals surface area contributed by atoms with Gasteiger partial charge in [0.05, 0.1) is 26.4 Å². The number of aliphatic imine (C=N–C) groups is 1. The van der Waals surface area contributed by atoms with Gasteiger partial charge in [0.2, 0.25) is 0 Å². The Bertz CT molecular complexity index is 841. The van der Waals surface area contributed by atoms with Crippen LogP contribution in [0.5, 0.6) is 5.75 Å². The molecule has 6 nitrogen and oxygen atoms in total. The number of rotatable bonds is 9. The van der Waals surface area contributed by atoms with Gasteiger partial charge in [0.25, 0.3) is 0 Å². The Hall–Kier alpha value is -1.84. The Labute approximate surface area is 209 Å². The van der Waals surface area contributed by atoms with E-state index in [0.717, 1.165) is 56.4 Å². The minimum Gasteiger partial charge on any atom is -0.496 e. The molecule has 3 rings (SSSR count). The molecule has 7 heteroatoms. The molecular formula is C25H36IN3O3. The maximum absolute atomic E-state index is 6.07. The van der Waals surface area contributed by atoms with Crippen LogP contribution in [0.4, 0.5) is 0 Å². The Balaban J connectivity index is 0.00000363. The molecule has 176 valence electrons. The van der Waals surface area contributed by atoms with Crippen molar-refractivity contribution in [2.24, 2.45) is 4.99 Å². The van der Waals surface area contributed by atoms with Crippen LogP contribution in [0.15, 0.2) is 53.5 Å². The summed E-state index contributed by atoms with van der Waals surface area (Å²) in [6.45, 7) is 6.47. The predicted octanol–water partition coefficient (Wildman–Crippen LogP) is 4.61. The summed E-state index contributed by atoms with van der Waals surface area (Å²) in [5, 5.41) is 3.39. The van der Waals surface area contributed by atoms with Gasteiger partial charge in [-0.1, -0.05) is 42.5 Å². The Kier molecular flexibility index (Phi) is 11.8. The van der Waals surface area contributed by atoms with Gasteiger partial charge >= 0.3 is 0 Å². The first-order chi connectivity index (χ1) is 15.2. The molecular weight excluding hydrogens is 517 g/mol. The molecule has 32 heavy (non-hydrogen) atoms. The summed E-state index contributed by atoms with van der Waals surface area (Å²) in [6.07, 6.45) is 2.27. The smallest absolute Gasteiger partial charge is 0.194 e. The molecule has 0 unspecified atom stereocenters. The molecule has 0 aromatic heterocycles. The molecule has 0 saturated carbocycles. The van der Waals surface area contributed by atoms with Crippen LogP contribution >= 0.6 is 24.0 Å². The number of hydrogen-bond acceptors (Lipinski definition) is 4. The van der Waals surface area contributed by atoms with Gasteiger partial charge < -0.3 is 24.4 Å². The predicted molar refractivity (Wildman–Crippen MR) is 140 cm³/mol. The normalized spacial score (nSPS) is 14.5. The van der Waals surface area contributed by atoms with Crippen molar-refractivity contribution >= 4 is 29.9 Å². The average Bonchev–Trinajstić information content (AvgIpc) is 2.81. The number of nitrogens with zero attached hydrogens (tertiary/aromatic N) is 2. The highest BCUT2D eigenvalue weighted by Gasteiger charge is 2.14. The van der Waals surface area contributed by atoms with Crippen molar-refractivity contribution in [3.63, 3.8) is 0 Å². The fraction of sp³-hybridized carbons (Fsp3) is 0.480. The van der Waals surface area contributed by atoms with Crippen LogP contribution in [0.2, 0.25) is 0 Å². The molecule has 1 aliphatic heterocycles. The van der Waals surface area contributed by atoms with Gasteiger partial charge in [-0.15, -0.1) is 24.0 Å². The fourth-order valence-electron chi connectivity index (χ4n) is 3.67. The topological polar surface area (TPSA) is 55.3 Å². The van der Waals surface area contributed by atoms with Crippen molar-refractivity contribution in [3.05, 3.63) is 65.2 Å². The third-order valence-electron chi connectivity index (χ3n) is 5.35. The molecule has 0 spiro atoms. The number of ether oxygens (including phenoxy) is 3. The number of hydrogen-bond donors (Lipinski definition) is 1. The fourth-order valence-corrected chi connectivity index (χ4v) is 3.67. The highest BCUT2D eigenvalue weighted by molar-refractivity contribution is 14.0. The van der Waals surface area contributed by atoms with Crippen molar-refractivity contribution in [1.29, 1.82) is 0 Å². The zero-order valence-corrected chi connectivity index (χ0v) is 21.7. The SMILES string of the molecule is CCNC(=NCc1cccc(COC2CCOCC2)c1)N(C)Cc1ccccc1OC.I. The van der Waals surface area contributed by atoms with Gasteiger partial charge in [-0.3, -0.25) is 0 Å². The van der Waals surface area contributed by atoms with E-state index in [1.165, 1.54) is 11.1 Å². The Morgan fingerprint density at radius 3 is 2.62 bits per heavy atom. The van der Waals surface area contributed by atoms with E-state index in [4.69, 9.17) is 19.2 Å². The van der Waals surface area contributed by atoms with Crippen LogP contribution in [-0.2, 0) is 29.2 Å². The molecule has 1 saturated heterocycles. The Morgan fingerprint density at radius 1 is 1.12 bits per heavy atom. The van der Waals surface area contributed by atoms with E-state index >= 15 is 0 Å². The molecule has 1 heterocycles. The van der Waals surface area contributed by atoms with E-state index in [2.05, 4.69) is 47.5 Å². The van der Waals surface area contributed by atoms with Crippen molar-refractivity contribution in [2.75, 3.05) is 33.9 Å². The number of para-hydroxylation sites is 1. The lowest BCUT2D eigenvalue weighted by atomic mass is 10.1. The van der Waals surface area contributed by atoms with Crippen molar-refractivity contribution < 1.29 is 14.2 Å². The minimum atomic E-state index is 0. The van der Waals surface area contributed by atoms with E-state index < -0.39 is 0 Å². The van der Waals surface area contributed by atoms with Gasteiger partial charge in [-0.2, -0.15) is 0 Å². The monoisotopic (exact) mass is 553 g/mol. The molecule has 1 N–H and O–H groups in total. The lowest BCUT2D eigenvalue weighted by Gasteiger charge is -2.23. The summed E-state index contributed by atoms with van der Waals surface area (Å²) in [5.41, 5.74) is 3.49. The molecule has 0 aliphatic carbocycles. The first-order valence-corrected chi connectivity index (χ1v) is 11.1. The standard InChI is InChI=1S/C25H35N3O3.HI/c1-4-26-25(28(2)18-22-10-5-6-11-24(22)29-3)27-17-20-8-7-9-21(16-20)19-31-23-12-14-30-15-13-23;/h5-11,16,23H,4,12-15,17-19H2,1-3H3,(H,26,27);1H. The second kappa shape index (κ2) is 14.3. The summed E-state index contributed by atoms with van der Waals surface area (Å²) in [5.74, 6) is 1.76. The second-order valence-electron chi connectivity index (χ2n) is 7.78. The van der Waals surface area contributed by atoms with Crippen LogP contribution in [-0.4, -0.2) is 50.9 Å². The molecule has 2 aromatic carbocycles. The molecule has 0 radical (unpaired) electrons. The third-order valence-corrected chi connectivity index (χ3v) is 5.35. The summed E-state index contributed by atoms with van der Waals surface area (Å²) in [4.78, 5) is 6.98. The summed E-state index contributed by atoms with van der Waals surface area (Å²) in [7, 11) is 3.75. The third kappa shape index (κ3) is 8.26. The maximum atomic E-state index is 6.07. The lowest BCUT2D eigenvalue weighted by Crippen LogP contribution is -2.38. The molecule has 0 bridgehead atoms. The molecule has 1 fully saturated rings. The van der Waals surface area contributed by atoms with Gasteiger partial charge in [0.1, 0.15) is 5.75 Å². The van der Waals surface area contributed by atoms with Gasteiger partial charge in [-0.25, -0.2) is 4.99 Å². The van der Waals surface area contributed by atoms with Gasteiger partial charge in [0.15, 0.2) is 5.96 Å². The summed E-state index contributed by atoms with van der Waals surface area (Å²) >= 11 is 0. The van der Waals surface area contributed by atoms with Crippen LogP contribution in [0.3, 0.4) is 0 Å². The highest BCUT2D eigenvalue weighted by atomic mass is 127. The first kappa shape index (κ1) is 26.4. The van der Waals surface area contributed by atoms with Crippen LogP contribution in [0.1, 0.15) is 36.5 Å². The van der Waals surface area contributed by atoms with Crippen molar-refractivity contribution in [2.45, 2.75) is 45.6 Å². The highest BCUT2D eigenvalue weighted by Crippen LogP contribution is 2.19. The number of methoxy groups -OCH3 is 1. The van der Waals surface area contributed by atoms with E-state index in [0.29, 0.717) is 19.3 Å². The quantitative estimate of drug-likeness (QED) is 0.280. The molecule has 0 amide bonds. The van der Waals surface area contributed by atoms with Crippen LogP contribution in [0, 0.1) is 0 Å². The maximum Gasteiger partial charge on any atom is 0.194 e. The van der Waals surface area contributed by atoms with Crippen LogP contribution in [0.25, 0.3) is 0 Å². The molecule has 1 aliphatic rings. The molecule has 2 aromatic rings. The number of nitrogens with one attached hydrogen (secondary N) is 1.